The molecule has 0 fully saturated rings. The zero-order chi connectivity index (χ0) is 20.3. The molecule has 1 aliphatic rings. The Bertz CT molecular complexity index is 818. The van der Waals surface area contributed by atoms with Gasteiger partial charge in [-0.1, -0.05) is 65.2 Å². The molecule has 1 aliphatic heterocycles. The summed E-state index contributed by atoms with van der Waals surface area (Å²) >= 11 is 0. The third kappa shape index (κ3) is 6.62. The van der Waals surface area contributed by atoms with E-state index in [1.165, 1.54) is 74.8 Å². The average Bonchev–Trinajstić information content (AvgIpc) is 3.48. The van der Waals surface area contributed by atoms with Crippen LogP contribution in [0.5, 0.6) is 0 Å². The summed E-state index contributed by atoms with van der Waals surface area (Å²) in [4.78, 5) is 11.7. The zero-order valence-corrected chi connectivity index (χ0v) is 18.3. The van der Waals surface area contributed by atoms with E-state index in [4.69, 9.17) is 4.99 Å². The molecule has 0 atom stereocenters. The molecule has 156 valence electrons. The first kappa shape index (κ1) is 21.4. The van der Waals surface area contributed by atoms with Crippen molar-refractivity contribution < 1.29 is 0 Å². The molecule has 0 aromatic carbocycles. The van der Waals surface area contributed by atoms with E-state index in [1.54, 1.807) is 0 Å². The highest BCUT2D eigenvalue weighted by Crippen LogP contribution is 2.24. The van der Waals surface area contributed by atoms with Gasteiger partial charge in [0, 0.05) is 17.6 Å². The minimum Gasteiger partial charge on any atom is -0.360 e. The fraction of sp³-hybridized carbons (Fsp3) is 0.500. The molecule has 0 saturated heterocycles. The van der Waals surface area contributed by atoms with Crippen LogP contribution in [0.15, 0.2) is 47.2 Å². The van der Waals surface area contributed by atoms with Gasteiger partial charge in [-0.05, 0) is 61.3 Å². The van der Waals surface area contributed by atoms with Crippen molar-refractivity contribution in [3.8, 4) is 11.4 Å². The Balaban J connectivity index is 1.45. The van der Waals surface area contributed by atoms with Crippen molar-refractivity contribution in [2.75, 3.05) is 0 Å². The number of aryl methyl sites for hydroxylation is 1. The molecule has 29 heavy (non-hydrogen) atoms. The number of H-pyrrole nitrogens is 2. The number of aromatic nitrogens is 2. The Morgan fingerprint density at radius 3 is 2.34 bits per heavy atom. The molecule has 0 aliphatic carbocycles. The predicted octanol–water partition coefficient (Wildman–Crippen LogP) is 7.84. The molecule has 2 aromatic rings. The number of aromatic amines is 2. The van der Waals surface area contributed by atoms with E-state index in [2.05, 4.69) is 54.2 Å². The highest BCUT2D eigenvalue weighted by Gasteiger charge is 2.10. The number of nitrogens with zero attached hydrogens (tertiary/aromatic N) is 1. The lowest BCUT2D eigenvalue weighted by atomic mass is 10.1. The van der Waals surface area contributed by atoms with E-state index in [0.717, 1.165) is 29.9 Å². The molecule has 0 amide bonds. The fourth-order valence-electron chi connectivity index (χ4n) is 3.98. The molecule has 0 spiro atoms. The van der Waals surface area contributed by atoms with Gasteiger partial charge in [0.1, 0.15) is 0 Å². The quantitative estimate of drug-likeness (QED) is 0.327. The Labute approximate surface area is 176 Å². The maximum Gasteiger partial charge on any atom is 0.0654 e. The van der Waals surface area contributed by atoms with Gasteiger partial charge in [-0.15, -0.1) is 0 Å². The van der Waals surface area contributed by atoms with Crippen LogP contribution < -0.4 is 0 Å². The Morgan fingerprint density at radius 2 is 1.66 bits per heavy atom. The Hall–Kier alpha value is -2.29. The summed E-state index contributed by atoms with van der Waals surface area (Å²) in [5.74, 6) is 0. The van der Waals surface area contributed by atoms with Gasteiger partial charge in [0.15, 0.2) is 0 Å². The monoisotopic (exact) mass is 391 g/mol. The van der Waals surface area contributed by atoms with Crippen LogP contribution in [0.1, 0.15) is 89.3 Å². The highest BCUT2D eigenvalue weighted by atomic mass is 14.8. The summed E-state index contributed by atoms with van der Waals surface area (Å²) in [5, 5.41) is 0. The first-order valence-electron chi connectivity index (χ1n) is 11.6. The smallest absolute Gasteiger partial charge is 0.0654 e. The summed E-state index contributed by atoms with van der Waals surface area (Å²) in [5.41, 5.74) is 7.06. The predicted molar refractivity (Wildman–Crippen MR) is 126 cm³/mol. The second-order valence-corrected chi connectivity index (χ2v) is 8.14. The zero-order valence-electron chi connectivity index (χ0n) is 18.3. The van der Waals surface area contributed by atoms with Gasteiger partial charge in [-0.2, -0.15) is 0 Å². The summed E-state index contributed by atoms with van der Waals surface area (Å²) in [6.45, 7) is 4.48. The first-order valence-corrected chi connectivity index (χ1v) is 11.6. The molecule has 2 aromatic heterocycles. The topological polar surface area (TPSA) is 43.9 Å². The van der Waals surface area contributed by atoms with Gasteiger partial charge in [0.05, 0.1) is 17.1 Å². The van der Waals surface area contributed by atoms with Crippen molar-refractivity contribution in [2.45, 2.75) is 84.5 Å². The molecule has 2 N–H and O–H groups in total. The largest absolute Gasteiger partial charge is 0.360 e. The van der Waals surface area contributed by atoms with Gasteiger partial charge >= 0.3 is 0 Å². The van der Waals surface area contributed by atoms with Crippen molar-refractivity contribution in [3.63, 3.8) is 0 Å². The van der Waals surface area contributed by atoms with E-state index in [-0.39, 0.29) is 0 Å². The molecular formula is C26H37N3. The van der Waals surface area contributed by atoms with Gasteiger partial charge in [-0.25, -0.2) is 0 Å². The normalized spacial score (nSPS) is 14.8. The number of hydrogen-bond acceptors (Lipinski definition) is 1. The van der Waals surface area contributed by atoms with Crippen LogP contribution in [-0.2, 0) is 6.42 Å². The third-order valence-electron chi connectivity index (χ3n) is 5.75. The van der Waals surface area contributed by atoms with Crippen LogP contribution in [0.4, 0.5) is 0 Å². The number of allylic oxidation sites excluding steroid dienone is 2. The minimum atomic E-state index is 1.01. The standard InChI is InChI=1S/C26H37N3/c1-3-5-6-7-8-9-10-11-12-14-22-16-17-23(28-22)20-25-21(4-2)19-26(29-25)24-15-13-18-27-24/h13,15-20,27,29H,3-12,14H2,1-2H3. The number of nitrogens with one attached hydrogen (secondary N) is 2. The van der Waals surface area contributed by atoms with Crippen LogP contribution in [0.3, 0.4) is 0 Å². The van der Waals surface area contributed by atoms with Crippen LogP contribution in [0.25, 0.3) is 17.5 Å². The summed E-state index contributed by atoms with van der Waals surface area (Å²) < 4.78 is 0. The maximum absolute atomic E-state index is 4.84. The maximum atomic E-state index is 4.84. The van der Waals surface area contributed by atoms with Crippen molar-refractivity contribution in [2.24, 2.45) is 4.99 Å². The summed E-state index contributed by atoms with van der Waals surface area (Å²) in [6, 6.07) is 6.37. The number of aliphatic imine (C=N–C) groups is 1. The van der Waals surface area contributed by atoms with Crippen molar-refractivity contribution >= 4 is 11.8 Å². The van der Waals surface area contributed by atoms with E-state index >= 15 is 0 Å². The Kier molecular flexibility index (Phi) is 8.60. The molecule has 0 saturated carbocycles. The fourth-order valence-corrected chi connectivity index (χ4v) is 3.98. The minimum absolute atomic E-state index is 1.01. The van der Waals surface area contributed by atoms with Crippen LogP contribution in [0.2, 0.25) is 0 Å². The van der Waals surface area contributed by atoms with Crippen LogP contribution in [0, 0.1) is 0 Å². The highest BCUT2D eigenvalue weighted by molar-refractivity contribution is 5.99. The van der Waals surface area contributed by atoms with Gasteiger partial charge in [-0.3, -0.25) is 4.99 Å². The molecule has 3 heteroatoms. The molecule has 0 radical (unpaired) electrons. The van der Waals surface area contributed by atoms with E-state index in [0.29, 0.717) is 0 Å². The second kappa shape index (κ2) is 11.6. The van der Waals surface area contributed by atoms with E-state index in [9.17, 15) is 0 Å². The van der Waals surface area contributed by atoms with Gasteiger partial charge in [0.2, 0.25) is 0 Å². The van der Waals surface area contributed by atoms with Gasteiger partial charge < -0.3 is 9.97 Å². The van der Waals surface area contributed by atoms with Crippen molar-refractivity contribution in [1.82, 2.24) is 9.97 Å². The molecule has 3 nitrogen and oxygen atoms in total. The first-order chi connectivity index (χ1) is 14.3. The number of unbranched alkanes of at least 4 members (excludes halogenated alkanes) is 8. The Morgan fingerprint density at radius 1 is 0.897 bits per heavy atom. The summed E-state index contributed by atoms with van der Waals surface area (Å²) in [6.07, 6.45) is 22.9. The number of rotatable bonds is 13. The lowest BCUT2D eigenvalue weighted by Crippen LogP contribution is -1.90. The molecule has 3 rings (SSSR count). The SMILES string of the molecule is CCCCCCCCCCCC1=NC(=Cc2[nH]c(-c3ccc[nH]3)cc2CC)C=C1. The van der Waals surface area contributed by atoms with Gasteiger partial charge in [0.25, 0.3) is 0 Å². The molecule has 0 unspecified atom stereocenters. The third-order valence-corrected chi connectivity index (χ3v) is 5.75. The average molecular weight is 392 g/mol. The van der Waals surface area contributed by atoms with Crippen LogP contribution >= 0.6 is 0 Å². The van der Waals surface area contributed by atoms with Crippen molar-refractivity contribution in [3.05, 3.63) is 53.5 Å². The lowest BCUT2D eigenvalue weighted by Gasteiger charge is -2.01. The van der Waals surface area contributed by atoms with Crippen LogP contribution in [-0.4, -0.2) is 15.7 Å². The second-order valence-electron chi connectivity index (χ2n) is 8.14. The molecule has 3 heterocycles. The number of hydrogen-bond donors (Lipinski definition) is 2. The van der Waals surface area contributed by atoms with E-state index < -0.39 is 0 Å². The van der Waals surface area contributed by atoms with E-state index in [1.807, 2.05) is 12.3 Å². The molecular weight excluding hydrogens is 354 g/mol. The lowest BCUT2D eigenvalue weighted by molar-refractivity contribution is 0.568. The molecule has 0 bridgehead atoms. The summed E-state index contributed by atoms with van der Waals surface area (Å²) in [7, 11) is 0. The van der Waals surface area contributed by atoms with Crippen molar-refractivity contribution in [1.29, 1.82) is 0 Å².